The third-order valence-electron chi connectivity index (χ3n) is 1.41. The molecular weight excluding hydrogens is 144 g/mol. The molecule has 3 heteroatoms. The second-order valence-corrected chi connectivity index (χ2v) is 3.33. The fourth-order valence-electron chi connectivity index (χ4n) is 0.708. The Hall–Kier alpha value is 0.01000. The molecule has 10 heavy (non-hydrogen) atoms. The Bertz CT molecular complexity index is 104. The van der Waals surface area contributed by atoms with Crippen molar-refractivity contribution in [1.82, 2.24) is 5.43 Å². The minimum absolute atomic E-state index is 0.285. The fraction of sp³-hybridized carbons (Fsp3) is 0.714. The van der Waals surface area contributed by atoms with Crippen LogP contribution in [0, 0.1) is 0 Å². The van der Waals surface area contributed by atoms with Crippen LogP contribution < -0.4 is 11.3 Å². The van der Waals surface area contributed by atoms with E-state index in [-0.39, 0.29) is 6.04 Å². The molecule has 3 N–H and O–H groups in total. The van der Waals surface area contributed by atoms with Crippen LogP contribution in [0.25, 0.3) is 0 Å². The predicted molar refractivity (Wildman–Crippen MR) is 48.9 cm³/mol. The van der Waals surface area contributed by atoms with Crippen molar-refractivity contribution in [3.63, 3.8) is 0 Å². The lowest BCUT2D eigenvalue weighted by Crippen LogP contribution is -2.36. The third-order valence-corrected chi connectivity index (χ3v) is 2.05. The van der Waals surface area contributed by atoms with E-state index in [1.54, 1.807) is 0 Å². The molecule has 60 valence electrons. The zero-order valence-corrected chi connectivity index (χ0v) is 7.50. The van der Waals surface area contributed by atoms with E-state index in [0.29, 0.717) is 0 Å². The van der Waals surface area contributed by atoms with E-state index < -0.39 is 0 Å². The first-order chi connectivity index (χ1) is 4.72. The van der Waals surface area contributed by atoms with Crippen LogP contribution in [-0.2, 0) is 0 Å². The van der Waals surface area contributed by atoms with Crippen LogP contribution >= 0.6 is 11.8 Å². The lowest BCUT2D eigenvalue weighted by atomic mass is 10.1. The highest BCUT2D eigenvalue weighted by Crippen LogP contribution is 2.05. The molecule has 0 fully saturated rings. The summed E-state index contributed by atoms with van der Waals surface area (Å²) in [5.41, 5.74) is 3.83. The highest BCUT2D eigenvalue weighted by Gasteiger charge is 2.04. The third kappa shape index (κ3) is 3.93. The highest BCUT2D eigenvalue weighted by atomic mass is 32.2. The number of hydrogen-bond donors (Lipinski definition) is 2. The molecule has 0 amide bonds. The number of nitrogens with two attached hydrogens (primary N) is 1. The van der Waals surface area contributed by atoms with Crippen LogP contribution in [0.2, 0.25) is 0 Å². The van der Waals surface area contributed by atoms with Gasteiger partial charge >= 0.3 is 0 Å². The van der Waals surface area contributed by atoms with Gasteiger partial charge < -0.3 is 0 Å². The lowest BCUT2D eigenvalue weighted by Gasteiger charge is -2.14. The molecule has 0 aromatic heterocycles. The first-order valence-electron chi connectivity index (χ1n) is 3.32. The molecule has 0 spiro atoms. The van der Waals surface area contributed by atoms with Gasteiger partial charge in [-0.1, -0.05) is 12.2 Å². The molecule has 0 aliphatic carbocycles. The summed E-state index contributed by atoms with van der Waals surface area (Å²) >= 11 is 1.83. The van der Waals surface area contributed by atoms with Crippen molar-refractivity contribution in [3.05, 3.63) is 12.2 Å². The van der Waals surface area contributed by atoms with Crippen LogP contribution in [0.15, 0.2) is 12.2 Å². The molecule has 0 unspecified atom stereocenters. The van der Waals surface area contributed by atoms with Gasteiger partial charge in [-0.2, -0.15) is 11.8 Å². The normalized spacial score (nSPS) is 13.1. The summed E-state index contributed by atoms with van der Waals surface area (Å²) in [4.78, 5) is 0. The van der Waals surface area contributed by atoms with Crippen molar-refractivity contribution in [3.8, 4) is 0 Å². The Morgan fingerprint density at radius 1 is 1.80 bits per heavy atom. The molecule has 1 atom stereocenters. The second kappa shape index (κ2) is 5.77. The minimum atomic E-state index is 0.285. The molecule has 0 aromatic rings. The van der Waals surface area contributed by atoms with E-state index >= 15 is 0 Å². The fourth-order valence-corrected chi connectivity index (χ4v) is 1.18. The number of nitrogens with one attached hydrogen (secondary N) is 1. The van der Waals surface area contributed by atoms with Gasteiger partial charge in [-0.05, 0) is 25.4 Å². The molecule has 0 rings (SSSR count). The maximum Gasteiger partial charge on any atom is 0.0422 e. The van der Waals surface area contributed by atoms with Gasteiger partial charge in [0.2, 0.25) is 0 Å². The maximum absolute atomic E-state index is 5.29. The molecule has 0 aromatic carbocycles. The van der Waals surface area contributed by atoms with E-state index in [1.165, 1.54) is 0 Å². The zero-order valence-electron chi connectivity index (χ0n) is 6.68. The molecule has 0 saturated carbocycles. The van der Waals surface area contributed by atoms with E-state index in [4.69, 9.17) is 5.84 Å². The SMILES string of the molecule is C=C(C)[C@H](CCSC)NN. The summed E-state index contributed by atoms with van der Waals surface area (Å²) in [6, 6.07) is 0.285. The number of hydrazine groups is 1. The lowest BCUT2D eigenvalue weighted by molar-refractivity contribution is 0.582. The smallest absolute Gasteiger partial charge is 0.0422 e. The monoisotopic (exact) mass is 160 g/mol. The van der Waals surface area contributed by atoms with Crippen LogP contribution in [0.3, 0.4) is 0 Å². The molecule has 0 saturated heterocycles. The van der Waals surface area contributed by atoms with E-state index in [2.05, 4.69) is 18.3 Å². The van der Waals surface area contributed by atoms with Gasteiger partial charge in [0, 0.05) is 6.04 Å². The molecule has 0 bridgehead atoms. The topological polar surface area (TPSA) is 38.0 Å². The maximum atomic E-state index is 5.29. The standard InChI is InChI=1S/C7H16N2S/c1-6(2)7(9-8)4-5-10-3/h7,9H,1,4-5,8H2,2-3H3/t7-/m0/s1. The van der Waals surface area contributed by atoms with Crippen LogP contribution in [0.4, 0.5) is 0 Å². The summed E-state index contributed by atoms with van der Waals surface area (Å²) in [6.07, 6.45) is 3.15. The van der Waals surface area contributed by atoms with E-state index in [1.807, 2.05) is 18.7 Å². The molecule has 0 aliphatic rings. The molecule has 0 aliphatic heterocycles. The van der Waals surface area contributed by atoms with Gasteiger partial charge in [0.25, 0.3) is 0 Å². The first-order valence-corrected chi connectivity index (χ1v) is 4.72. The first kappa shape index (κ1) is 10.0. The van der Waals surface area contributed by atoms with Crippen molar-refractivity contribution in [1.29, 1.82) is 0 Å². The van der Waals surface area contributed by atoms with Crippen LogP contribution in [-0.4, -0.2) is 18.1 Å². The number of hydrogen-bond acceptors (Lipinski definition) is 3. The number of thioether (sulfide) groups is 1. The highest BCUT2D eigenvalue weighted by molar-refractivity contribution is 7.98. The van der Waals surface area contributed by atoms with Crippen molar-refractivity contribution >= 4 is 11.8 Å². The van der Waals surface area contributed by atoms with E-state index in [9.17, 15) is 0 Å². The van der Waals surface area contributed by atoms with E-state index in [0.717, 1.165) is 17.7 Å². The summed E-state index contributed by atoms with van der Waals surface area (Å²) in [5.74, 6) is 6.42. The zero-order chi connectivity index (χ0) is 7.98. The molecule has 0 radical (unpaired) electrons. The largest absolute Gasteiger partial charge is 0.271 e. The van der Waals surface area contributed by atoms with Crippen molar-refractivity contribution < 1.29 is 0 Å². The Labute approximate surface area is 67.2 Å². The van der Waals surface area contributed by atoms with Gasteiger partial charge in [-0.3, -0.25) is 11.3 Å². The summed E-state index contributed by atoms with van der Waals surface area (Å²) in [7, 11) is 0. The van der Waals surface area contributed by atoms with Crippen LogP contribution in [0.1, 0.15) is 13.3 Å². The van der Waals surface area contributed by atoms with Gasteiger partial charge in [-0.15, -0.1) is 0 Å². The van der Waals surface area contributed by atoms with Crippen molar-refractivity contribution in [2.45, 2.75) is 19.4 Å². The summed E-state index contributed by atoms with van der Waals surface area (Å²) < 4.78 is 0. The van der Waals surface area contributed by atoms with Gasteiger partial charge in [-0.25, -0.2) is 0 Å². The molecular formula is C7H16N2S. The Morgan fingerprint density at radius 2 is 2.40 bits per heavy atom. The summed E-state index contributed by atoms with van der Waals surface area (Å²) in [5, 5.41) is 0. The average Bonchev–Trinajstić information content (AvgIpc) is 1.89. The van der Waals surface area contributed by atoms with Crippen LogP contribution in [0.5, 0.6) is 0 Å². The van der Waals surface area contributed by atoms with Crippen molar-refractivity contribution in [2.24, 2.45) is 5.84 Å². The van der Waals surface area contributed by atoms with Gasteiger partial charge in [0.15, 0.2) is 0 Å². The summed E-state index contributed by atoms with van der Waals surface area (Å²) in [6.45, 7) is 5.82. The molecule has 0 heterocycles. The molecule has 2 nitrogen and oxygen atoms in total. The van der Waals surface area contributed by atoms with Gasteiger partial charge in [0.05, 0.1) is 0 Å². The second-order valence-electron chi connectivity index (χ2n) is 2.35. The minimum Gasteiger partial charge on any atom is -0.271 e. The Balaban J connectivity index is 3.50. The Morgan fingerprint density at radius 3 is 2.70 bits per heavy atom. The Kier molecular flexibility index (Phi) is 5.78. The van der Waals surface area contributed by atoms with Gasteiger partial charge in [0.1, 0.15) is 0 Å². The quantitative estimate of drug-likeness (QED) is 0.360. The average molecular weight is 160 g/mol. The number of rotatable bonds is 5. The predicted octanol–water partition coefficient (Wildman–Crippen LogP) is 1.15. The van der Waals surface area contributed by atoms with Crippen molar-refractivity contribution in [2.75, 3.05) is 12.0 Å².